The van der Waals surface area contributed by atoms with Crippen LogP contribution in [0.25, 0.3) is 56.0 Å². The predicted octanol–water partition coefficient (Wildman–Crippen LogP) is 9.57. The quantitative estimate of drug-likeness (QED) is 0.197. The summed E-state index contributed by atoms with van der Waals surface area (Å²) in [7, 11) is 0. The van der Waals surface area contributed by atoms with Gasteiger partial charge in [0.2, 0.25) is 0 Å². The molecule has 4 aromatic carbocycles. The number of ether oxygens (including phenoxy) is 2. The molecular formula is C38H38N4O4. The fourth-order valence-electron chi connectivity index (χ4n) is 5.60. The molecule has 46 heavy (non-hydrogen) atoms. The largest absolute Gasteiger partial charge is 0.443 e. The van der Waals surface area contributed by atoms with Crippen molar-refractivity contribution in [2.75, 3.05) is 0 Å². The highest BCUT2D eigenvalue weighted by Crippen LogP contribution is 2.37. The first-order chi connectivity index (χ1) is 21.7. The zero-order valence-electron chi connectivity index (χ0n) is 27.5. The summed E-state index contributed by atoms with van der Waals surface area (Å²) >= 11 is 0. The van der Waals surface area contributed by atoms with E-state index < -0.39 is 23.4 Å². The molecular weight excluding hydrogens is 576 g/mol. The van der Waals surface area contributed by atoms with Gasteiger partial charge < -0.3 is 9.47 Å². The number of carbonyl (C=O) groups is 2. The molecule has 0 atom stereocenters. The van der Waals surface area contributed by atoms with Gasteiger partial charge in [0.1, 0.15) is 11.2 Å². The van der Waals surface area contributed by atoms with Gasteiger partial charge in [-0.05, 0) is 102 Å². The molecule has 6 aromatic rings. The van der Waals surface area contributed by atoms with E-state index in [0.717, 1.165) is 33.4 Å². The SMILES string of the molecule is Cc1cc(-c2ccccc2)c2nc(-c3nc4c(-c5ccccc5)cc(C)cc4n3C(=O)OC(C)(C)C)n(C(=O)OC(C)(C)C)c2c1. The zero-order valence-corrected chi connectivity index (χ0v) is 27.5. The number of aryl methyl sites for hydroxylation is 2. The molecule has 0 saturated carbocycles. The van der Waals surface area contributed by atoms with Crippen LogP contribution in [0.4, 0.5) is 9.59 Å². The minimum absolute atomic E-state index is 0.172. The van der Waals surface area contributed by atoms with Gasteiger partial charge in [-0.25, -0.2) is 28.7 Å². The van der Waals surface area contributed by atoms with Gasteiger partial charge >= 0.3 is 12.2 Å². The molecule has 2 heterocycles. The van der Waals surface area contributed by atoms with Crippen LogP contribution in [0.1, 0.15) is 52.7 Å². The van der Waals surface area contributed by atoms with E-state index in [1.165, 1.54) is 9.13 Å². The lowest BCUT2D eigenvalue weighted by molar-refractivity contribution is 0.0526. The molecule has 0 amide bonds. The zero-order chi connectivity index (χ0) is 33.0. The number of benzene rings is 4. The van der Waals surface area contributed by atoms with Crippen molar-refractivity contribution in [3.05, 3.63) is 96.1 Å². The third kappa shape index (κ3) is 5.90. The van der Waals surface area contributed by atoms with Gasteiger partial charge in [-0.3, -0.25) is 0 Å². The molecule has 0 N–H and O–H groups in total. The van der Waals surface area contributed by atoms with Crippen molar-refractivity contribution in [3.63, 3.8) is 0 Å². The molecule has 0 aliphatic carbocycles. The van der Waals surface area contributed by atoms with E-state index in [2.05, 4.69) is 0 Å². The van der Waals surface area contributed by atoms with Crippen molar-refractivity contribution in [1.29, 1.82) is 0 Å². The molecule has 0 saturated heterocycles. The first-order valence-corrected chi connectivity index (χ1v) is 15.3. The maximum absolute atomic E-state index is 14.1. The molecule has 234 valence electrons. The van der Waals surface area contributed by atoms with E-state index >= 15 is 0 Å². The molecule has 8 nitrogen and oxygen atoms in total. The fourth-order valence-corrected chi connectivity index (χ4v) is 5.60. The average molecular weight is 615 g/mol. The molecule has 0 radical (unpaired) electrons. The number of rotatable bonds is 3. The normalized spacial score (nSPS) is 12.1. The fraction of sp³-hybridized carbons (Fsp3) is 0.263. The third-order valence-corrected chi connectivity index (χ3v) is 7.33. The molecule has 2 aromatic heterocycles. The summed E-state index contributed by atoms with van der Waals surface area (Å²) in [6.45, 7) is 14.8. The smallest absolute Gasteiger partial charge is 0.420 e. The summed E-state index contributed by atoms with van der Waals surface area (Å²) in [5, 5.41) is 0. The van der Waals surface area contributed by atoms with E-state index in [4.69, 9.17) is 19.4 Å². The molecule has 6 rings (SSSR count). The molecule has 8 heteroatoms. The number of fused-ring (bicyclic) bond motifs is 2. The van der Waals surface area contributed by atoms with Crippen LogP contribution in [0, 0.1) is 13.8 Å². The van der Waals surface area contributed by atoms with Crippen LogP contribution in [0.5, 0.6) is 0 Å². The highest BCUT2D eigenvalue weighted by Gasteiger charge is 2.32. The number of imidazole rings is 2. The second-order valence-electron chi connectivity index (χ2n) is 13.6. The van der Waals surface area contributed by atoms with Crippen molar-refractivity contribution in [1.82, 2.24) is 19.1 Å². The Kier molecular flexibility index (Phi) is 7.55. The lowest BCUT2D eigenvalue weighted by Gasteiger charge is -2.21. The van der Waals surface area contributed by atoms with E-state index in [9.17, 15) is 9.59 Å². The first kappa shape index (κ1) is 30.8. The Morgan fingerprint density at radius 2 is 0.913 bits per heavy atom. The standard InChI is InChI=1S/C38H38N4O4/c1-23-19-27(25-15-11-9-12-16-25)31-29(21-23)41(35(43)45-37(3,4)5)33(39-31)34-40-32-28(26-17-13-10-14-18-26)20-24(2)22-30(32)42(34)36(44)46-38(6,7)8/h9-22H,1-8H3. The second-order valence-corrected chi connectivity index (χ2v) is 13.6. The Morgan fingerprint density at radius 1 is 0.565 bits per heavy atom. The summed E-state index contributed by atoms with van der Waals surface area (Å²) < 4.78 is 14.7. The van der Waals surface area contributed by atoms with Gasteiger partial charge in [-0.15, -0.1) is 0 Å². The molecule has 0 fully saturated rings. The highest BCUT2D eigenvalue weighted by molar-refractivity contribution is 6.03. The molecule has 0 spiro atoms. The summed E-state index contributed by atoms with van der Waals surface area (Å²) in [6, 6.07) is 27.7. The highest BCUT2D eigenvalue weighted by atomic mass is 16.6. The lowest BCUT2D eigenvalue weighted by atomic mass is 10.0. The van der Waals surface area contributed by atoms with Crippen LogP contribution in [0.15, 0.2) is 84.9 Å². The summed E-state index contributed by atoms with van der Waals surface area (Å²) in [6.07, 6.45) is -1.26. The third-order valence-electron chi connectivity index (χ3n) is 7.33. The van der Waals surface area contributed by atoms with E-state index in [1.54, 1.807) is 0 Å². The van der Waals surface area contributed by atoms with Crippen LogP contribution in [-0.4, -0.2) is 42.5 Å². The van der Waals surface area contributed by atoms with Gasteiger partial charge in [0.25, 0.3) is 0 Å². The number of nitrogens with zero attached hydrogens (tertiary/aromatic N) is 4. The van der Waals surface area contributed by atoms with Crippen molar-refractivity contribution < 1.29 is 19.1 Å². The Bertz CT molecular complexity index is 1960. The van der Waals surface area contributed by atoms with Crippen molar-refractivity contribution in [3.8, 4) is 33.9 Å². The Hall–Kier alpha value is -5.24. The minimum atomic E-state index is -0.792. The maximum Gasteiger partial charge on any atom is 0.420 e. The molecule has 0 aliphatic rings. The number of hydrogen-bond acceptors (Lipinski definition) is 6. The van der Waals surface area contributed by atoms with E-state index in [0.29, 0.717) is 22.1 Å². The van der Waals surface area contributed by atoms with Crippen molar-refractivity contribution >= 4 is 34.3 Å². The lowest BCUT2D eigenvalue weighted by Crippen LogP contribution is -2.29. The minimum Gasteiger partial charge on any atom is -0.443 e. The molecule has 0 aliphatic heterocycles. The summed E-state index contributed by atoms with van der Waals surface area (Å²) in [5.41, 5.74) is 6.13. The van der Waals surface area contributed by atoms with Gasteiger partial charge in [-0.1, -0.05) is 60.7 Å². The average Bonchev–Trinajstić information content (AvgIpc) is 3.54. The monoisotopic (exact) mass is 614 g/mol. The number of aromatic nitrogens is 4. The second kappa shape index (κ2) is 11.3. The van der Waals surface area contributed by atoms with Crippen molar-refractivity contribution in [2.24, 2.45) is 0 Å². The first-order valence-electron chi connectivity index (χ1n) is 15.3. The van der Waals surface area contributed by atoms with Gasteiger partial charge in [0, 0.05) is 11.1 Å². The Labute approximate surface area is 268 Å². The Morgan fingerprint density at radius 3 is 1.24 bits per heavy atom. The van der Waals surface area contributed by atoms with Gasteiger partial charge in [0.15, 0.2) is 11.6 Å². The molecule has 0 unspecified atom stereocenters. The van der Waals surface area contributed by atoms with Gasteiger partial charge in [-0.2, -0.15) is 0 Å². The van der Waals surface area contributed by atoms with Gasteiger partial charge in [0.05, 0.1) is 22.1 Å². The van der Waals surface area contributed by atoms with Crippen LogP contribution >= 0.6 is 0 Å². The van der Waals surface area contributed by atoms with Crippen molar-refractivity contribution in [2.45, 2.75) is 66.6 Å². The van der Waals surface area contributed by atoms with E-state index in [1.807, 2.05) is 140 Å². The summed E-state index contributed by atoms with van der Waals surface area (Å²) in [4.78, 5) is 38.4. The Balaban J connectivity index is 1.74. The van der Waals surface area contributed by atoms with Crippen LogP contribution in [0.2, 0.25) is 0 Å². The number of hydrogen-bond donors (Lipinski definition) is 0. The predicted molar refractivity (Wildman–Crippen MR) is 182 cm³/mol. The van der Waals surface area contributed by atoms with Crippen LogP contribution < -0.4 is 0 Å². The van der Waals surface area contributed by atoms with Crippen LogP contribution in [-0.2, 0) is 9.47 Å². The number of carbonyl (C=O) groups excluding carboxylic acids is 2. The topological polar surface area (TPSA) is 88.2 Å². The molecule has 0 bridgehead atoms. The van der Waals surface area contributed by atoms with Crippen LogP contribution in [0.3, 0.4) is 0 Å². The summed E-state index contributed by atoms with van der Waals surface area (Å²) in [5.74, 6) is 0.344. The van der Waals surface area contributed by atoms with E-state index in [-0.39, 0.29) is 11.6 Å². The maximum atomic E-state index is 14.1.